The van der Waals surface area contributed by atoms with E-state index in [1.54, 1.807) is 0 Å². The summed E-state index contributed by atoms with van der Waals surface area (Å²) in [4.78, 5) is 30.5. The number of hydrogen-bond donors (Lipinski definition) is 2. The fraction of sp³-hybridized carbons (Fsp3) is 0. The molecule has 0 radical (unpaired) electrons. The van der Waals surface area contributed by atoms with E-state index in [0.717, 1.165) is 31.8 Å². The molecule has 0 spiro atoms. The Morgan fingerprint density at radius 1 is 0.629 bits per heavy atom. The monoisotopic (exact) mass is 473 g/mol. The van der Waals surface area contributed by atoms with Gasteiger partial charge in [-0.25, -0.2) is 4.98 Å². The number of fused-ring (bicyclic) bond motifs is 3. The minimum Gasteiger partial charge on any atom is -0.322 e. The Morgan fingerprint density at radius 2 is 1.20 bits per heavy atom. The first-order chi connectivity index (χ1) is 17.2. The van der Waals surface area contributed by atoms with E-state index >= 15 is 0 Å². The Labute approximate surface area is 205 Å². The lowest BCUT2D eigenvalue weighted by Gasteiger charge is -2.08. The topological polar surface area (TPSA) is 71.1 Å². The molecule has 2 N–H and O–H groups in total. The number of amides is 2. The fourth-order valence-corrected chi connectivity index (χ4v) is 5.17. The quantitative estimate of drug-likeness (QED) is 0.287. The summed E-state index contributed by atoms with van der Waals surface area (Å²) in [7, 11) is 0. The van der Waals surface area contributed by atoms with Gasteiger partial charge in [0, 0.05) is 16.8 Å². The standard InChI is InChI=1S/C29H19N3O2S/c33-27(23-13-5-9-18-7-1-3-11-21(18)23)30-20-15-16-25-26(17-20)35-29(31-25)32-28(34)24-14-6-10-19-8-2-4-12-22(19)24/h1-17H,(H,30,33)(H,31,32,34). The van der Waals surface area contributed by atoms with Crippen molar-refractivity contribution in [2.45, 2.75) is 0 Å². The molecular weight excluding hydrogens is 454 g/mol. The average molecular weight is 474 g/mol. The molecule has 0 aliphatic rings. The number of carbonyl (C=O) groups is 2. The summed E-state index contributed by atoms with van der Waals surface area (Å²) in [5, 5.41) is 10.3. The molecule has 5 aromatic carbocycles. The van der Waals surface area contributed by atoms with E-state index in [4.69, 9.17) is 0 Å². The van der Waals surface area contributed by atoms with Crippen molar-refractivity contribution in [3.05, 3.63) is 114 Å². The van der Waals surface area contributed by atoms with Crippen LogP contribution < -0.4 is 10.6 Å². The SMILES string of the molecule is O=C(Nc1ccc2nc(NC(=O)c3cccc4ccccc34)sc2c1)c1cccc2ccccc12. The molecule has 0 aliphatic carbocycles. The highest BCUT2D eigenvalue weighted by Gasteiger charge is 2.14. The Kier molecular flexibility index (Phi) is 5.20. The highest BCUT2D eigenvalue weighted by molar-refractivity contribution is 7.22. The summed E-state index contributed by atoms with van der Waals surface area (Å²) in [5.74, 6) is -0.375. The van der Waals surface area contributed by atoms with Gasteiger partial charge >= 0.3 is 0 Å². The molecule has 0 unspecified atom stereocenters. The smallest absolute Gasteiger partial charge is 0.258 e. The van der Waals surface area contributed by atoms with Gasteiger partial charge < -0.3 is 5.32 Å². The third-order valence-corrected chi connectivity index (χ3v) is 6.87. The van der Waals surface area contributed by atoms with Crippen molar-refractivity contribution >= 4 is 65.7 Å². The highest BCUT2D eigenvalue weighted by Crippen LogP contribution is 2.30. The van der Waals surface area contributed by atoms with Crippen LogP contribution >= 0.6 is 11.3 Å². The lowest BCUT2D eigenvalue weighted by atomic mass is 10.0. The number of rotatable bonds is 4. The largest absolute Gasteiger partial charge is 0.322 e. The van der Waals surface area contributed by atoms with Crippen molar-refractivity contribution in [1.29, 1.82) is 0 Å². The van der Waals surface area contributed by atoms with Crippen LogP contribution in [0.1, 0.15) is 20.7 Å². The van der Waals surface area contributed by atoms with Gasteiger partial charge in [0.15, 0.2) is 5.13 Å². The molecule has 6 aromatic rings. The Balaban J connectivity index is 1.25. The zero-order valence-electron chi connectivity index (χ0n) is 18.5. The summed E-state index contributed by atoms with van der Waals surface area (Å²) in [5.41, 5.74) is 2.65. The number of nitrogens with zero attached hydrogens (tertiary/aromatic N) is 1. The van der Waals surface area contributed by atoms with Gasteiger partial charge in [0.05, 0.1) is 10.2 Å². The first-order valence-corrected chi connectivity index (χ1v) is 12.0. The molecule has 0 atom stereocenters. The van der Waals surface area contributed by atoms with Gasteiger partial charge in [0.25, 0.3) is 11.8 Å². The van der Waals surface area contributed by atoms with Gasteiger partial charge in [-0.3, -0.25) is 14.9 Å². The molecule has 6 rings (SSSR count). The zero-order chi connectivity index (χ0) is 23.8. The third-order valence-electron chi connectivity index (χ3n) is 5.94. The van der Waals surface area contributed by atoms with Crippen LogP contribution in [0.25, 0.3) is 31.8 Å². The maximum Gasteiger partial charge on any atom is 0.258 e. The van der Waals surface area contributed by atoms with Crippen molar-refractivity contribution in [3.8, 4) is 0 Å². The molecule has 0 saturated heterocycles. The van der Waals surface area contributed by atoms with Gasteiger partial charge in [0.1, 0.15) is 0 Å². The molecule has 2 amide bonds. The van der Waals surface area contributed by atoms with Gasteiger partial charge in [-0.1, -0.05) is 84.1 Å². The van der Waals surface area contributed by atoms with E-state index in [-0.39, 0.29) is 11.8 Å². The lowest BCUT2D eigenvalue weighted by molar-refractivity contribution is 0.102. The van der Waals surface area contributed by atoms with Crippen LogP contribution in [0.2, 0.25) is 0 Å². The molecule has 0 bridgehead atoms. The number of thiazole rings is 1. The van der Waals surface area contributed by atoms with Crippen LogP contribution in [-0.4, -0.2) is 16.8 Å². The van der Waals surface area contributed by atoms with Gasteiger partial charge in [0.2, 0.25) is 0 Å². The van der Waals surface area contributed by atoms with E-state index in [2.05, 4.69) is 15.6 Å². The van der Waals surface area contributed by atoms with Crippen molar-refractivity contribution in [2.24, 2.45) is 0 Å². The van der Waals surface area contributed by atoms with E-state index in [0.29, 0.717) is 21.9 Å². The van der Waals surface area contributed by atoms with Crippen LogP contribution in [-0.2, 0) is 0 Å². The summed E-state index contributed by atoms with van der Waals surface area (Å²) in [6.07, 6.45) is 0. The van der Waals surface area contributed by atoms with Crippen molar-refractivity contribution in [1.82, 2.24) is 4.98 Å². The maximum atomic E-state index is 13.0. The molecule has 0 fully saturated rings. The van der Waals surface area contributed by atoms with E-state index < -0.39 is 0 Å². The van der Waals surface area contributed by atoms with Gasteiger partial charge in [-0.2, -0.15) is 0 Å². The normalized spacial score (nSPS) is 11.1. The molecule has 6 heteroatoms. The lowest BCUT2D eigenvalue weighted by Crippen LogP contribution is -2.12. The third kappa shape index (κ3) is 4.00. The van der Waals surface area contributed by atoms with Crippen molar-refractivity contribution in [3.63, 3.8) is 0 Å². The van der Waals surface area contributed by atoms with Crippen LogP contribution in [0.15, 0.2) is 103 Å². The second-order valence-electron chi connectivity index (χ2n) is 8.16. The number of aromatic nitrogens is 1. The zero-order valence-corrected chi connectivity index (χ0v) is 19.3. The predicted octanol–water partition coefficient (Wildman–Crippen LogP) is 7.11. The minimum absolute atomic E-state index is 0.171. The molecule has 1 heterocycles. The Morgan fingerprint density at radius 3 is 1.86 bits per heavy atom. The first-order valence-electron chi connectivity index (χ1n) is 11.1. The van der Waals surface area contributed by atoms with E-state index in [1.165, 1.54) is 11.3 Å². The summed E-state index contributed by atoms with van der Waals surface area (Å²) in [6.45, 7) is 0. The van der Waals surface area contributed by atoms with Crippen LogP contribution in [0.5, 0.6) is 0 Å². The number of hydrogen-bond acceptors (Lipinski definition) is 4. The molecule has 0 saturated carbocycles. The molecule has 5 nitrogen and oxygen atoms in total. The first kappa shape index (κ1) is 21.0. The summed E-state index contributed by atoms with van der Waals surface area (Å²) >= 11 is 1.37. The van der Waals surface area contributed by atoms with Crippen molar-refractivity contribution in [2.75, 3.05) is 10.6 Å². The van der Waals surface area contributed by atoms with Gasteiger partial charge in [-0.05, 0) is 51.9 Å². The Hall–Kier alpha value is -4.55. The summed E-state index contributed by atoms with van der Waals surface area (Å²) in [6, 6.07) is 32.5. The van der Waals surface area contributed by atoms with Gasteiger partial charge in [-0.15, -0.1) is 0 Å². The van der Waals surface area contributed by atoms with E-state index in [9.17, 15) is 9.59 Å². The molecular formula is C29H19N3O2S. The number of benzene rings is 5. The molecule has 35 heavy (non-hydrogen) atoms. The second kappa shape index (κ2) is 8.66. The number of carbonyl (C=O) groups excluding carboxylic acids is 2. The minimum atomic E-state index is -0.203. The second-order valence-corrected chi connectivity index (χ2v) is 9.19. The number of nitrogens with one attached hydrogen (secondary N) is 2. The molecule has 168 valence electrons. The van der Waals surface area contributed by atoms with Crippen molar-refractivity contribution < 1.29 is 9.59 Å². The highest BCUT2D eigenvalue weighted by atomic mass is 32.1. The Bertz CT molecular complexity index is 1650. The number of anilines is 2. The fourth-order valence-electron chi connectivity index (χ4n) is 4.27. The summed E-state index contributed by atoms with van der Waals surface area (Å²) < 4.78 is 0.869. The van der Waals surface area contributed by atoms with Crippen LogP contribution in [0.4, 0.5) is 10.8 Å². The average Bonchev–Trinajstić information content (AvgIpc) is 3.29. The van der Waals surface area contributed by atoms with E-state index in [1.807, 2.05) is 103 Å². The van der Waals surface area contributed by atoms with Crippen LogP contribution in [0, 0.1) is 0 Å². The molecule has 1 aromatic heterocycles. The van der Waals surface area contributed by atoms with Crippen LogP contribution in [0.3, 0.4) is 0 Å². The maximum absolute atomic E-state index is 13.0. The predicted molar refractivity (Wildman–Crippen MR) is 143 cm³/mol. The molecule has 0 aliphatic heterocycles.